The molecule has 3 aliphatic rings. The number of carbonyl (C=O) groups excluding carboxylic acids is 5. The van der Waals surface area contributed by atoms with E-state index in [2.05, 4.69) is 0 Å². The van der Waals surface area contributed by atoms with E-state index in [9.17, 15) is 34.1 Å². The highest BCUT2D eigenvalue weighted by Crippen LogP contribution is 2.52. The van der Waals surface area contributed by atoms with E-state index in [4.69, 9.17) is 27.9 Å². The summed E-state index contributed by atoms with van der Waals surface area (Å²) in [5.74, 6) is -4.73. The first-order valence-electron chi connectivity index (χ1n) is 13.5. The molecule has 44 heavy (non-hydrogen) atoms. The van der Waals surface area contributed by atoms with Gasteiger partial charge in [0, 0.05) is 28.3 Å². The maximum Gasteiger partial charge on any atom is 0.345 e. The smallest absolute Gasteiger partial charge is 0.345 e. The number of halogens is 2. The van der Waals surface area contributed by atoms with Crippen molar-refractivity contribution < 1.29 is 33.6 Å². The Bertz CT molecular complexity index is 1740. The number of nitro benzene ring substituents is 1. The molecule has 13 heteroatoms. The van der Waals surface area contributed by atoms with E-state index < -0.39 is 52.8 Å². The van der Waals surface area contributed by atoms with E-state index in [1.807, 2.05) is 12.2 Å². The van der Waals surface area contributed by atoms with Gasteiger partial charge < -0.3 is 4.74 Å². The van der Waals surface area contributed by atoms with Gasteiger partial charge in [-0.25, -0.2) is 9.80 Å². The van der Waals surface area contributed by atoms with Crippen LogP contribution in [0.25, 0.3) is 0 Å². The Morgan fingerprint density at radius 1 is 0.886 bits per heavy atom. The van der Waals surface area contributed by atoms with Gasteiger partial charge in [-0.1, -0.05) is 35.4 Å². The zero-order chi connectivity index (χ0) is 31.3. The van der Waals surface area contributed by atoms with E-state index in [0.29, 0.717) is 11.4 Å². The van der Waals surface area contributed by atoms with Crippen molar-refractivity contribution in [2.24, 2.45) is 23.7 Å². The molecule has 3 aromatic rings. The Hall–Kier alpha value is -4.87. The first-order chi connectivity index (χ1) is 21.0. The monoisotopic (exact) mass is 633 g/mol. The minimum atomic E-state index is -0.847. The number of carbonyl (C=O) groups is 5. The Morgan fingerprint density at radius 2 is 1.48 bits per heavy atom. The second-order valence-corrected chi connectivity index (χ2v) is 11.5. The molecule has 2 bridgehead atoms. The number of fused-ring (bicyclic) bond motifs is 5. The van der Waals surface area contributed by atoms with Crippen molar-refractivity contribution in [1.29, 1.82) is 0 Å². The van der Waals surface area contributed by atoms with Gasteiger partial charge in [0.25, 0.3) is 23.4 Å². The van der Waals surface area contributed by atoms with Crippen molar-refractivity contribution in [1.82, 2.24) is 10.0 Å². The molecule has 1 saturated carbocycles. The lowest BCUT2D eigenvalue weighted by atomic mass is 9.85. The highest BCUT2D eigenvalue weighted by atomic mass is 35.5. The predicted molar refractivity (Wildman–Crippen MR) is 156 cm³/mol. The Balaban J connectivity index is 1.24. The second kappa shape index (κ2) is 11.3. The largest absolute Gasteiger partial charge is 0.423 e. The average molecular weight is 634 g/mol. The molecule has 11 nitrogen and oxygen atoms in total. The number of rotatable bonds is 8. The van der Waals surface area contributed by atoms with Crippen molar-refractivity contribution in [3.63, 3.8) is 0 Å². The number of hydrazine groups is 1. The maximum absolute atomic E-state index is 13.7. The third kappa shape index (κ3) is 5.14. The molecule has 1 heterocycles. The third-order valence-corrected chi connectivity index (χ3v) is 8.63. The van der Waals surface area contributed by atoms with Crippen LogP contribution in [0.1, 0.15) is 37.5 Å². The summed E-state index contributed by atoms with van der Waals surface area (Å²) in [7, 11) is 0. The minimum Gasteiger partial charge on any atom is -0.423 e. The van der Waals surface area contributed by atoms with Crippen LogP contribution in [-0.4, -0.2) is 51.0 Å². The predicted octanol–water partition coefficient (Wildman–Crippen LogP) is 5.17. The van der Waals surface area contributed by atoms with Gasteiger partial charge in [0.05, 0.1) is 27.3 Å². The molecule has 0 radical (unpaired) electrons. The van der Waals surface area contributed by atoms with Crippen molar-refractivity contribution in [3.05, 3.63) is 116 Å². The zero-order valence-electron chi connectivity index (χ0n) is 22.6. The van der Waals surface area contributed by atoms with Crippen LogP contribution in [0.5, 0.6) is 5.75 Å². The first kappa shape index (κ1) is 29.2. The van der Waals surface area contributed by atoms with Crippen LogP contribution >= 0.6 is 23.2 Å². The molecule has 1 saturated heterocycles. The molecule has 0 unspecified atom stereocenters. The summed E-state index contributed by atoms with van der Waals surface area (Å²) in [6, 6.07) is 14.4. The zero-order valence-corrected chi connectivity index (χ0v) is 24.1. The molecule has 2 aliphatic carbocycles. The fraction of sp³-hybridized carbons (Fsp3) is 0.194. The van der Waals surface area contributed by atoms with Crippen LogP contribution < -0.4 is 4.74 Å². The number of imide groups is 1. The van der Waals surface area contributed by atoms with Crippen molar-refractivity contribution >= 4 is 58.4 Å². The molecule has 1 aliphatic heterocycles. The van der Waals surface area contributed by atoms with Gasteiger partial charge in [-0.15, -0.1) is 0 Å². The van der Waals surface area contributed by atoms with Crippen LogP contribution in [0.3, 0.4) is 0 Å². The van der Waals surface area contributed by atoms with Crippen molar-refractivity contribution in [2.75, 3.05) is 6.54 Å². The lowest BCUT2D eigenvalue weighted by molar-refractivity contribution is -0.384. The first-order valence-corrected chi connectivity index (χ1v) is 14.2. The quantitative estimate of drug-likeness (QED) is 0.0628. The van der Waals surface area contributed by atoms with Crippen molar-refractivity contribution in [2.45, 2.75) is 6.42 Å². The number of benzene rings is 3. The third-order valence-electron chi connectivity index (χ3n) is 8.08. The molecule has 0 aromatic heterocycles. The van der Waals surface area contributed by atoms with Crippen LogP contribution in [-0.2, 0) is 9.59 Å². The molecule has 222 valence electrons. The van der Waals surface area contributed by atoms with Crippen LogP contribution in [0.2, 0.25) is 10.0 Å². The van der Waals surface area contributed by atoms with Gasteiger partial charge in [-0.2, -0.15) is 5.01 Å². The van der Waals surface area contributed by atoms with Gasteiger partial charge in [0.15, 0.2) is 5.78 Å². The van der Waals surface area contributed by atoms with Gasteiger partial charge >= 0.3 is 5.97 Å². The summed E-state index contributed by atoms with van der Waals surface area (Å²) in [5, 5.41) is 13.1. The minimum absolute atomic E-state index is 0.0507. The lowest BCUT2D eigenvalue weighted by Gasteiger charge is -2.30. The summed E-state index contributed by atoms with van der Waals surface area (Å²) in [5.41, 5.74) is -0.110. The highest BCUT2D eigenvalue weighted by Gasteiger charge is 2.61. The average Bonchev–Trinajstić information content (AvgIpc) is 3.69. The number of ketones is 1. The normalized spacial score (nSPS) is 21.4. The van der Waals surface area contributed by atoms with Gasteiger partial charge in [-0.05, 0) is 72.9 Å². The lowest BCUT2D eigenvalue weighted by Crippen LogP contribution is -2.52. The summed E-state index contributed by atoms with van der Waals surface area (Å²) in [4.78, 5) is 77.2. The van der Waals surface area contributed by atoms with Gasteiger partial charge in [0.1, 0.15) is 12.3 Å². The van der Waals surface area contributed by atoms with E-state index in [1.54, 1.807) is 0 Å². The number of amides is 3. The van der Waals surface area contributed by atoms with E-state index in [-0.39, 0.29) is 45.0 Å². The van der Waals surface area contributed by atoms with Crippen LogP contribution in [0.4, 0.5) is 5.69 Å². The summed E-state index contributed by atoms with van der Waals surface area (Å²) >= 11 is 11.9. The van der Waals surface area contributed by atoms with Gasteiger partial charge in [0.2, 0.25) is 0 Å². The molecular formula is C31H21Cl2N3O8. The summed E-state index contributed by atoms with van der Waals surface area (Å²) in [6.45, 7) is -0.672. The van der Waals surface area contributed by atoms with Gasteiger partial charge in [-0.3, -0.25) is 29.3 Å². The van der Waals surface area contributed by atoms with Crippen LogP contribution in [0.15, 0.2) is 78.9 Å². The maximum atomic E-state index is 13.7. The molecule has 0 spiro atoms. The number of hydrogen-bond acceptors (Lipinski definition) is 8. The van der Waals surface area contributed by atoms with E-state index in [0.717, 1.165) is 22.2 Å². The Kier molecular flexibility index (Phi) is 7.52. The number of esters is 1. The Labute approximate surface area is 259 Å². The molecule has 6 rings (SSSR count). The standard InChI is InChI=1S/C31H21Cl2N3O8/c32-20-7-12-23(24(33)14-20)31(41)44-22-10-5-16(6-11-22)25(37)15-34(28(38)17-3-8-21(9-4-17)36(42)43)35-29(39)26-18-1-2-19(13-18)27(26)30(35)40/h1-12,14,18-19,26-27H,13,15H2/t18-,19-,26-,27+/m0/s1. The molecule has 3 aromatic carbocycles. The molecular weight excluding hydrogens is 613 g/mol. The number of non-ortho nitro benzene ring substituents is 1. The second-order valence-electron chi connectivity index (χ2n) is 10.6. The van der Waals surface area contributed by atoms with E-state index >= 15 is 0 Å². The highest BCUT2D eigenvalue weighted by molar-refractivity contribution is 6.36. The SMILES string of the molecule is O=C(CN(C(=O)c1ccc([N+](=O)[O-])cc1)N1C(=O)[C@@H]2[C@H](C1=O)[C@H]1C=C[C@H]2C1)c1ccc(OC(=O)c2ccc(Cl)cc2Cl)cc1. The van der Waals surface area contributed by atoms with Crippen molar-refractivity contribution in [3.8, 4) is 5.75 Å². The summed E-state index contributed by atoms with van der Waals surface area (Å²) in [6.07, 6.45) is 4.49. The fourth-order valence-electron chi connectivity index (χ4n) is 5.99. The molecule has 3 amide bonds. The molecule has 4 atom stereocenters. The number of allylic oxidation sites excluding steroid dienone is 2. The number of hydrogen-bond donors (Lipinski definition) is 0. The summed E-state index contributed by atoms with van der Waals surface area (Å²) < 4.78 is 5.34. The molecule has 2 fully saturated rings. The number of nitro groups is 1. The number of nitrogens with zero attached hydrogens (tertiary/aromatic N) is 3. The fourth-order valence-corrected chi connectivity index (χ4v) is 6.47. The topological polar surface area (TPSA) is 144 Å². The number of Topliss-reactive ketones (excluding diaryl/α,β-unsaturated/α-hetero) is 1. The Morgan fingerprint density at radius 3 is 2.05 bits per heavy atom. The number of ether oxygens (including phenoxy) is 1. The molecule has 0 N–H and O–H groups in total. The van der Waals surface area contributed by atoms with E-state index in [1.165, 1.54) is 54.6 Å². The van der Waals surface area contributed by atoms with Crippen LogP contribution in [0, 0.1) is 33.8 Å².